The smallest absolute Gasteiger partial charge is 0.216 e. The second-order valence-corrected chi connectivity index (χ2v) is 5.13. The van der Waals surface area contributed by atoms with E-state index >= 15 is 0 Å². The Labute approximate surface area is 114 Å². The van der Waals surface area contributed by atoms with E-state index in [-0.39, 0.29) is 0 Å². The average molecular weight is 258 g/mol. The van der Waals surface area contributed by atoms with E-state index in [2.05, 4.69) is 48.8 Å². The summed E-state index contributed by atoms with van der Waals surface area (Å²) in [6.45, 7) is 10.5. The molecule has 2 aromatic rings. The molecule has 102 valence electrons. The molecule has 0 aliphatic carbocycles. The molecule has 2 heterocycles. The van der Waals surface area contributed by atoms with Crippen molar-refractivity contribution < 1.29 is 0 Å². The van der Waals surface area contributed by atoms with Crippen LogP contribution in [0.3, 0.4) is 0 Å². The monoisotopic (exact) mass is 258 g/mol. The first-order chi connectivity index (χ1) is 9.05. The summed E-state index contributed by atoms with van der Waals surface area (Å²) in [5.74, 6) is 1.09. The van der Waals surface area contributed by atoms with Crippen molar-refractivity contribution in [1.29, 1.82) is 0 Å². The van der Waals surface area contributed by atoms with Crippen molar-refractivity contribution in [3.63, 3.8) is 0 Å². The lowest BCUT2D eigenvalue weighted by atomic mass is 10.1. The van der Waals surface area contributed by atoms with Crippen molar-refractivity contribution in [2.24, 2.45) is 0 Å². The quantitative estimate of drug-likeness (QED) is 0.845. The Bertz CT molecular complexity index is 570. The van der Waals surface area contributed by atoms with Gasteiger partial charge in [0.2, 0.25) is 0 Å². The predicted molar refractivity (Wildman–Crippen MR) is 76.7 cm³/mol. The normalized spacial score (nSPS) is 11.3. The van der Waals surface area contributed by atoms with E-state index < -0.39 is 0 Å². The largest absolute Gasteiger partial charge is 0.251 e. The number of rotatable bonds is 4. The zero-order valence-electron chi connectivity index (χ0n) is 12.4. The van der Waals surface area contributed by atoms with Gasteiger partial charge in [-0.25, -0.2) is 14.6 Å². The molecule has 0 fully saturated rings. The summed E-state index contributed by atoms with van der Waals surface area (Å²) in [6, 6.07) is 4.19. The van der Waals surface area contributed by atoms with Crippen LogP contribution in [0.15, 0.2) is 12.1 Å². The fraction of sp³-hybridized carbons (Fsp3) is 0.533. The van der Waals surface area contributed by atoms with E-state index in [1.165, 1.54) is 0 Å². The van der Waals surface area contributed by atoms with E-state index in [0.29, 0.717) is 11.9 Å². The zero-order valence-corrected chi connectivity index (χ0v) is 12.4. The van der Waals surface area contributed by atoms with Crippen molar-refractivity contribution in [3.05, 3.63) is 34.9 Å². The van der Waals surface area contributed by atoms with Gasteiger partial charge in [0.25, 0.3) is 5.95 Å². The molecule has 0 bridgehead atoms. The maximum absolute atomic E-state index is 4.65. The maximum atomic E-state index is 4.65. The van der Waals surface area contributed by atoms with Crippen LogP contribution in [0.25, 0.3) is 5.95 Å². The third-order valence-corrected chi connectivity index (χ3v) is 3.20. The SMILES string of the molecule is CCc1cc(CC)n(-c2nc(C)cc(C(C)C)n2)n1. The molecule has 0 saturated carbocycles. The molecule has 0 radical (unpaired) electrons. The second kappa shape index (κ2) is 5.51. The van der Waals surface area contributed by atoms with E-state index in [1.807, 2.05) is 17.7 Å². The first-order valence-corrected chi connectivity index (χ1v) is 6.98. The molecule has 0 saturated heterocycles. The Morgan fingerprint density at radius 3 is 2.42 bits per heavy atom. The van der Waals surface area contributed by atoms with E-state index in [1.54, 1.807) is 0 Å². The zero-order chi connectivity index (χ0) is 14.0. The third kappa shape index (κ3) is 2.83. The Morgan fingerprint density at radius 1 is 1.11 bits per heavy atom. The number of aromatic nitrogens is 4. The molecule has 4 nitrogen and oxygen atoms in total. The molecule has 2 rings (SSSR count). The van der Waals surface area contributed by atoms with Gasteiger partial charge in [0.1, 0.15) is 0 Å². The highest BCUT2D eigenvalue weighted by atomic mass is 15.4. The van der Waals surface area contributed by atoms with Gasteiger partial charge in [-0.3, -0.25) is 0 Å². The molecule has 0 aliphatic rings. The summed E-state index contributed by atoms with van der Waals surface area (Å²) in [7, 11) is 0. The lowest BCUT2D eigenvalue weighted by molar-refractivity contribution is 0.716. The molecule has 4 heteroatoms. The van der Waals surface area contributed by atoms with Gasteiger partial charge in [0, 0.05) is 17.1 Å². The Hall–Kier alpha value is -1.71. The summed E-state index contributed by atoms with van der Waals surface area (Å²) in [5, 5.41) is 4.60. The maximum Gasteiger partial charge on any atom is 0.251 e. The minimum atomic E-state index is 0.395. The van der Waals surface area contributed by atoms with Crippen molar-refractivity contribution in [2.75, 3.05) is 0 Å². The molecule has 0 N–H and O–H groups in total. The summed E-state index contributed by atoms with van der Waals surface area (Å²) in [6.07, 6.45) is 1.87. The molecular weight excluding hydrogens is 236 g/mol. The van der Waals surface area contributed by atoms with E-state index in [9.17, 15) is 0 Å². The highest BCUT2D eigenvalue weighted by Gasteiger charge is 2.12. The lowest BCUT2D eigenvalue weighted by Crippen LogP contribution is -2.10. The molecule has 0 aromatic carbocycles. The fourth-order valence-corrected chi connectivity index (χ4v) is 2.04. The van der Waals surface area contributed by atoms with Gasteiger partial charge >= 0.3 is 0 Å². The highest BCUT2D eigenvalue weighted by molar-refractivity contribution is 5.24. The van der Waals surface area contributed by atoms with Crippen molar-refractivity contribution in [2.45, 2.75) is 53.4 Å². The van der Waals surface area contributed by atoms with Crippen LogP contribution in [-0.4, -0.2) is 19.7 Å². The van der Waals surface area contributed by atoms with Crippen LogP contribution in [0.4, 0.5) is 0 Å². The molecule has 19 heavy (non-hydrogen) atoms. The molecule has 0 unspecified atom stereocenters. The highest BCUT2D eigenvalue weighted by Crippen LogP contribution is 2.16. The van der Waals surface area contributed by atoms with Gasteiger partial charge in [0.05, 0.1) is 5.69 Å². The molecule has 0 aliphatic heterocycles. The van der Waals surface area contributed by atoms with Gasteiger partial charge in [0.15, 0.2) is 0 Å². The van der Waals surface area contributed by atoms with Gasteiger partial charge in [-0.1, -0.05) is 27.7 Å². The molecule has 0 spiro atoms. The summed E-state index contributed by atoms with van der Waals surface area (Å²) in [5.41, 5.74) is 4.31. The molecular formula is C15H22N4. The van der Waals surface area contributed by atoms with Crippen LogP contribution in [0.1, 0.15) is 56.4 Å². The Morgan fingerprint density at radius 2 is 1.84 bits per heavy atom. The lowest BCUT2D eigenvalue weighted by Gasteiger charge is -2.09. The van der Waals surface area contributed by atoms with Gasteiger partial charge in [-0.05, 0) is 37.8 Å². The van der Waals surface area contributed by atoms with Crippen LogP contribution in [0.2, 0.25) is 0 Å². The predicted octanol–water partition coefficient (Wildman–Crippen LogP) is 3.22. The number of hydrogen-bond acceptors (Lipinski definition) is 3. The minimum Gasteiger partial charge on any atom is -0.216 e. The second-order valence-electron chi connectivity index (χ2n) is 5.13. The number of aryl methyl sites for hydroxylation is 3. The summed E-state index contributed by atoms with van der Waals surface area (Å²) >= 11 is 0. The van der Waals surface area contributed by atoms with Crippen LogP contribution >= 0.6 is 0 Å². The fourth-order valence-electron chi connectivity index (χ4n) is 2.04. The van der Waals surface area contributed by atoms with Crippen LogP contribution in [0, 0.1) is 6.92 Å². The number of hydrogen-bond donors (Lipinski definition) is 0. The van der Waals surface area contributed by atoms with Crippen LogP contribution in [-0.2, 0) is 12.8 Å². The van der Waals surface area contributed by atoms with Crippen LogP contribution in [0.5, 0.6) is 0 Å². The molecule has 0 atom stereocenters. The van der Waals surface area contributed by atoms with Crippen molar-refractivity contribution in [3.8, 4) is 5.95 Å². The summed E-state index contributed by atoms with van der Waals surface area (Å²) in [4.78, 5) is 9.18. The van der Waals surface area contributed by atoms with Gasteiger partial charge < -0.3 is 0 Å². The van der Waals surface area contributed by atoms with Crippen LogP contribution < -0.4 is 0 Å². The minimum absolute atomic E-state index is 0.395. The van der Waals surface area contributed by atoms with Gasteiger partial charge in [-0.15, -0.1) is 0 Å². The molecule has 0 amide bonds. The Balaban J connectivity index is 2.54. The number of nitrogens with zero attached hydrogens (tertiary/aromatic N) is 4. The van der Waals surface area contributed by atoms with Crippen molar-refractivity contribution >= 4 is 0 Å². The molecule has 2 aromatic heterocycles. The first kappa shape index (κ1) is 13.7. The van der Waals surface area contributed by atoms with Crippen molar-refractivity contribution in [1.82, 2.24) is 19.7 Å². The first-order valence-electron chi connectivity index (χ1n) is 6.98. The standard InChI is InChI=1S/C15H22N4/c1-6-12-9-13(7-2)19(18-12)15-16-11(5)8-14(17-15)10(3)4/h8-10H,6-7H2,1-5H3. The average Bonchev–Trinajstić information content (AvgIpc) is 2.81. The Kier molecular flexibility index (Phi) is 3.98. The van der Waals surface area contributed by atoms with Gasteiger partial charge in [-0.2, -0.15) is 5.10 Å². The van der Waals surface area contributed by atoms with E-state index in [4.69, 9.17) is 0 Å². The topological polar surface area (TPSA) is 43.6 Å². The summed E-state index contributed by atoms with van der Waals surface area (Å²) < 4.78 is 1.89. The third-order valence-electron chi connectivity index (χ3n) is 3.20. The van der Waals surface area contributed by atoms with E-state index in [0.717, 1.165) is 35.6 Å².